The molecular formula is C19H39IN4O3. The molecule has 27 heavy (non-hydrogen) atoms. The molecule has 7 nitrogen and oxygen atoms in total. The van der Waals surface area contributed by atoms with Crippen molar-refractivity contribution in [2.75, 3.05) is 40.4 Å². The molecule has 0 bridgehead atoms. The molecule has 0 radical (unpaired) electrons. The summed E-state index contributed by atoms with van der Waals surface area (Å²) in [7, 11) is 3.75. The maximum atomic E-state index is 12.0. The number of rotatable bonds is 9. The molecule has 2 N–H and O–H groups in total. The summed E-state index contributed by atoms with van der Waals surface area (Å²) in [4.78, 5) is 18.4. The third-order valence-electron chi connectivity index (χ3n) is 4.18. The van der Waals surface area contributed by atoms with Crippen molar-refractivity contribution in [1.29, 1.82) is 0 Å². The van der Waals surface area contributed by atoms with E-state index in [1.54, 1.807) is 7.05 Å². The highest BCUT2D eigenvalue weighted by Crippen LogP contribution is 2.28. The first kappa shape index (κ1) is 26.2. The number of hydrogen-bond donors (Lipinski definition) is 2. The second-order valence-electron chi connectivity index (χ2n) is 8.36. The zero-order valence-electron chi connectivity index (χ0n) is 18.0. The van der Waals surface area contributed by atoms with Crippen LogP contribution in [0.2, 0.25) is 0 Å². The van der Waals surface area contributed by atoms with Crippen LogP contribution in [0.3, 0.4) is 0 Å². The van der Waals surface area contributed by atoms with Crippen molar-refractivity contribution >= 4 is 36.0 Å². The Bertz CT molecular complexity index is 462. The minimum absolute atomic E-state index is 0. The van der Waals surface area contributed by atoms with Crippen molar-refractivity contribution in [3.8, 4) is 0 Å². The number of guanidine groups is 1. The van der Waals surface area contributed by atoms with Gasteiger partial charge in [0.25, 0.3) is 0 Å². The summed E-state index contributed by atoms with van der Waals surface area (Å²) >= 11 is 0. The van der Waals surface area contributed by atoms with Crippen LogP contribution in [0.4, 0.5) is 4.79 Å². The van der Waals surface area contributed by atoms with Crippen molar-refractivity contribution in [2.45, 2.75) is 59.1 Å². The van der Waals surface area contributed by atoms with Gasteiger partial charge < -0.3 is 25.0 Å². The molecule has 1 aliphatic carbocycles. The first-order chi connectivity index (χ1) is 12.1. The molecule has 160 valence electrons. The Labute approximate surface area is 182 Å². The van der Waals surface area contributed by atoms with Gasteiger partial charge in [0.15, 0.2) is 5.96 Å². The van der Waals surface area contributed by atoms with Gasteiger partial charge in [0.2, 0.25) is 0 Å². The standard InChI is InChI=1S/C19H38N4O3.HI/c1-14(2)16(22-18(24)26-19(3,4)5)12-21-17(20-6)23(7)10-11-25-13-15-8-9-15;/h14-16H,8-13H2,1-7H3,(H,20,21)(H,22,24);1H. The molecule has 0 aromatic rings. The first-order valence-corrected chi connectivity index (χ1v) is 9.61. The van der Waals surface area contributed by atoms with Gasteiger partial charge in [-0.1, -0.05) is 13.8 Å². The lowest BCUT2D eigenvalue weighted by molar-refractivity contribution is 0.0491. The lowest BCUT2D eigenvalue weighted by Gasteiger charge is -2.28. The molecule has 1 atom stereocenters. The predicted octanol–water partition coefficient (Wildman–Crippen LogP) is 3.09. The number of likely N-dealkylation sites (N-methyl/N-ethyl adjacent to an activating group) is 1. The molecule has 0 aromatic carbocycles. The molecule has 0 spiro atoms. The Hall–Kier alpha value is -0.770. The molecular weight excluding hydrogens is 459 g/mol. The van der Waals surface area contributed by atoms with Gasteiger partial charge in [0.1, 0.15) is 5.60 Å². The van der Waals surface area contributed by atoms with E-state index in [-0.39, 0.29) is 35.9 Å². The smallest absolute Gasteiger partial charge is 0.407 e. The fourth-order valence-electron chi connectivity index (χ4n) is 2.34. The fraction of sp³-hybridized carbons (Fsp3) is 0.895. The van der Waals surface area contributed by atoms with E-state index in [1.807, 2.05) is 32.7 Å². The highest BCUT2D eigenvalue weighted by Gasteiger charge is 2.22. The normalized spacial score (nSPS) is 15.8. The van der Waals surface area contributed by atoms with Crippen LogP contribution in [-0.4, -0.2) is 69.0 Å². The summed E-state index contributed by atoms with van der Waals surface area (Å²) in [6, 6.07) is -0.0545. The highest BCUT2D eigenvalue weighted by molar-refractivity contribution is 14.0. The Morgan fingerprint density at radius 2 is 1.93 bits per heavy atom. The van der Waals surface area contributed by atoms with Crippen LogP contribution >= 0.6 is 24.0 Å². The number of nitrogens with one attached hydrogen (secondary N) is 2. The number of hydrogen-bond acceptors (Lipinski definition) is 4. The fourth-order valence-corrected chi connectivity index (χ4v) is 2.34. The molecule has 8 heteroatoms. The molecule has 1 aliphatic rings. The van der Waals surface area contributed by atoms with Crippen molar-refractivity contribution in [3.05, 3.63) is 0 Å². The van der Waals surface area contributed by atoms with Crippen molar-refractivity contribution in [1.82, 2.24) is 15.5 Å². The number of halogens is 1. The van der Waals surface area contributed by atoms with E-state index in [1.165, 1.54) is 12.8 Å². The predicted molar refractivity (Wildman–Crippen MR) is 121 cm³/mol. The number of aliphatic imine (C=N–C) groups is 1. The summed E-state index contributed by atoms with van der Waals surface area (Å²) in [5.74, 6) is 1.83. The zero-order valence-corrected chi connectivity index (χ0v) is 20.3. The number of carbonyl (C=O) groups excluding carboxylic acids is 1. The second-order valence-corrected chi connectivity index (χ2v) is 8.36. The van der Waals surface area contributed by atoms with E-state index < -0.39 is 11.7 Å². The number of ether oxygens (including phenoxy) is 2. The second kappa shape index (κ2) is 12.6. The van der Waals surface area contributed by atoms with Gasteiger partial charge in [-0.25, -0.2) is 4.79 Å². The number of nitrogens with zero attached hydrogens (tertiary/aromatic N) is 2. The Kier molecular flexibility index (Phi) is 12.3. The van der Waals surface area contributed by atoms with Crippen LogP contribution in [0, 0.1) is 11.8 Å². The van der Waals surface area contributed by atoms with Gasteiger partial charge in [-0.05, 0) is 45.4 Å². The van der Waals surface area contributed by atoms with E-state index in [0.717, 1.165) is 25.0 Å². The van der Waals surface area contributed by atoms with Gasteiger partial charge in [-0.15, -0.1) is 24.0 Å². The summed E-state index contributed by atoms with van der Waals surface area (Å²) in [6.07, 6.45) is 2.22. The lowest BCUT2D eigenvalue weighted by atomic mass is 10.0. The summed E-state index contributed by atoms with van der Waals surface area (Å²) in [5, 5.41) is 6.27. The highest BCUT2D eigenvalue weighted by atomic mass is 127. The molecule has 1 fully saturated rings. The molecule has 0 aromatic heterocycles. The number of amides is 1. The molecule has 1 saturated carbocycles. The Morgan fingerprint density at radius 1 is 1.30 bits per heavy atom. The molecule has 1 amide bonds. The Balaban J connectivity index is 0.00000676. The monoisotopic (exact) mass is 498 g/mol. The van der Waals surface area contributed by atoms with E-state index in [0.29, 0.717) is 13.2 Å². The minimum Gasteiger partial charge on any atom is -0.444 e. The topological polar surface area (TPSA) is 75.2 Å². The lowest BCUT2D eigenvalue weighted by Crippen LogP contribution is -2.50. The van der Waals surface area contributed by atoms with Crippen LogP contribution in [0.25, 0.3) is 0 Å². The van der Waals surface area contributed by atoms with Crippen molar-refractivity contribution < 1.29 is 14.3 Å². The Morgan fingerprint density at radius 3 is 2.41 bits per heavy atom. The summed E-state index contributed by atoms with van der Waals surface area (Å²) in [5.41, 5.74) is -0.504. The van der Waals surface area contributed by atoms with Gasteiger partial charge >= 0.3 is 6.09 Å². The van der Waals surface area contributed by atoms with E-state index in [4.69, 9.17) is 9.47 Å². The average molecular weight is 498 g/mol. The largest absolute Gasteiger partial charge is 0.444 e. The number of carbonyl (C=O) groups is 1. The maximum Gasteiger partial charge on any atom is 0.407 e. The first-order valence-electron chi connectivity index (χ1n) is 9.61. The van der Waals surface area contributed by atoms with Crippen LogP contribution in [0.5, 0.6) is 0 Å². The maximum absolute atomic E-state index is 12.0. The van der Waals surface area contributed by atoms with E-state index in [2.05, 4.69) is 29.5 Å². The average Bonchev–Trinajstić information content (AvgIpc) is 3.33. The van der Waals surface area contributed by atoms with Crippen molar-refractivity contribution in [2.24, 2.45) is 16.8 Å². The summed E-state index contributed by atoms with van der Waals surface area (Å²) < 4.78 is 11.0. The minimum atomic E-state index is -0.504. The molecule has 1 rings (SSSR count). The van der Waals surface area contributed by atoms with Crippen LogP contribution in [-0.2, 0) is 9.47 Å². The zero-order chi connectivity index (χ0) is 19.7. The molecule has 0 heterocycles. The third-order valence-corrected chi connectivity index (χ3v) is 4.18. The van der Waals surface area contributed by atoms with Gasteiger partial charge in [-0.3, -0.25) is 4.99 Å². The summed E-state index contributed by atoms with van der Waals surface area (Å²) in [6.45, 7) is 12.6. The van der Waals surface area contributed by atoms with Crippen molar-refractivity contribution in [3.63, 3.8) is 0 Å². The quantitative estimate of drug-likeness (QED) is 0.221. The van der Waals surface area contributed by atoms with Gasteiger partial charge in [0.05, 0.1) is 12.6 Å². The molecule has 0 saturated heterocycles. The third kappa shape index (κ3) is 12.3. The van der Waals surface area contributed by atoms with Crippen LogP contribution in [0.1, 0.15) is 47.5 Å². The van der Waals surface area contributed by atoms with Crippen LogP contribution in [0.15, 0.2) is 4.99 Å². The van der Waals surface area contributed by atoms with Gasteiger partial charge in [-0.2, -0.15) is 0 Å². The van der Waals surface area contributed by atoms with E-state index >= 15 is 0 Å². The van der Waals surface area contributed by atoms with Crippen LogP contribution < -0.4 is 10.6 Å². The molecule has 1 unspecified atom stereocenters. The number of alkyl carbamates (subject to hydrolysis) is 1. The van der Waals surface area contributed by atoms with Gasteiger partial charge in [0, 0.05) is 33.8 Å². The SMILES string of the molecule is CN=C(NCC(NC(=O)OC(C)(C)C)C(C)C)N(C)CCOCC1CC1.I. The molecule has 0 aliphatic heterocycles. The van der Waals surface area contributed by atoms with E-state index in [9.17, 15) is 4.79 Å².